The molecule has 33 heavy (non-hydrogen) atoms. The Morgan fingerprint density at radius 1 is 1.15 bits per heavy atom. The molecule has 0 N–H and O–H groups in total. The molecule has 1 unspecified atom stereocenters. The Morgan fingerprint density at radius 3 is 2.79 bits per heavy atom. The highest BCUT2D eigenvalue weighted by atomic mass is 32.2. The van der Waals surface area contributed by atoms with Crippen molar-refractivity contribution < 1.29 is 4.79 Å². The molecule has 0 aliphatic carbocycles. The number of nitrogens with zero attached hydrogens (tertiary/aromatic N) is 3. The number of rotatable bonds is 6. The zero-order valence-electron chi connectivity index (χ0n) is 18.7. The fraction of sp³-hybridized carbons (Fsp3) is 0.346. The highest BCUT2D eigenvalue weighted by Crippen LogP contribution is 2.34. The maximum atomic E-state index is 13.4. The number of fused-ring (bicyclic) bond motifs is 2. The third kappa shape index (κ3) is 4.75. The zero-order chi connectivity index (χ0) is 22.8. The summed E-state index contributed by atoms with van der Waals surface area (Å²) in [6.07, 6.45) is 3.54. The van der Waals surface area contributed by atoms with Crippen LogP contribution in [0.2, 0.25) is 0 Å². The van der Waals surface area contributed by atoms with E-state index in [2.05, 4.69) is 25.1 Å². The van der Waals surface area contributed by atoms with Crippen molar-refractivity contribution in [3.8, 4) is 0 Å². The van der Waals surface area contributed by atoms with Crippen molar-refractivity contribution in [3.05, 3.63) is 81.8 Å². The molecule has 3 heterocycles. The van der Waals surface area contributed by atoms with Gasteiger partial charge < -0.3 is 4.90 Å². The molecule has 0 saturated carbocycles. The summed E-state index contributed by atoms with van der Waals surface area (Å²) < 4.78 is 1.78. The molecule has 2 aliphatic heterocycles. The van der Waals surface area contributed by atoms with Crippen LogP contribution in [0.25, 0.3) is 0 Å². The lowest BCUT2D eigenvalue weighted by molar-refractivity contribution is -0.116. The molecule has 0 saturated heterocycles. The van der Waals surface area contributed by atoms with Crippen LogP contribution in [-0.4, -0.2) is 33.0 Å². The summed E-state index contributed by atoms with van der Waals surface area (Å²) >= 11 is 3.01. The van der Waals surface area contributed by atoms with Gasteiger partial charge in [-0.05, 0) is 36.5 Å². The third-order valence-electron chi connectivity index (χ3n) is 6.17. The Balaban J connectivity index is 1.38. The van der Waals surface area contributed by atoms with Crippen LogP contribution in [0.5, 0.6) is 0 Å². The molecule has 1 atom stereocenters. The molecular formula is C26H27N3O2S2. The minimum Gasteiger partial charge on any atom is -0.311 e. The second-order valence-electron chi connectivity index (χ2n) is 8.56. The number of anilines is 1. The molecule has 0 spiro atoms. The van der Waals surface area contributed by atoms with Gasteiger partial charge in [0.2, 0.25) is 5.91 Å². The highest BCUT2D eigenvalue weighted by Gasteiger charge is 2.27. The number of hydrogen-bond donors (Lipinski definition) is 0. The molecule has 1 amide bonds. The Morgan fingerprint density at radius 2 is 1.94 bits per heavy atom. The molecule has 170 valence electrons. The first-order valence-corrected chi connectivity index (χ1v) is 13.3. The van der Waals surface area contributed by atoms with E-state index in [0.717, 1.165) is 48.5 Å². The van der Waals surface area contributed by atoms with Crippen LogP contribution in [0.3, 0.4) is 0 Å². The average Bonchev–Trinajstić information content (AvgIpc) is 3.23. The second kappa shape index (κ2) is 9.77. The van der Waals surface area contributed by atoms with E-state index in [1.54, 1.807) is 16.3 Å². The lowest BCUT2D eigenvalue weighted by Crippen LogP contribution is -2.37. The van der Waals surface area contributed by atoms with E-state index in [4.69, 9.17) is 4.98 Å². The van der Waals surface area contributed by atoms with E-state index in [-0.39, 0.29) is 17.2 Å². The number of aryl methyl sites for hydroxylation is 2. The van der Waals surface area contributed by atoms with Gasteiger partial charge in [-0.2, -0.15) is 0 Å². The number of carbonyl (C=O) groups excluding carboxylic acids is 1. The Labute approximate surface area is 202 Å². The molecule has 0 bridgehead atoms. The summed E-state index contributed by atoms with van der Waals surface area (Å²) in [6, 6.07) is 18.3. The summed E-state index contributed by atoms with van der Waals surface area (Å²) in [7, 11) is 0. The quantitative estimate of drug-likeness (QED) is 0.384. The molecule has 3 aromatic rings. The maximum absolute atomic E-state index is 13.4. The summed E-state index contributed by atoms with van der Waals surface area (Å²) in [5.74, 6) is 0.340. The largest absolute Gasteiger partial charge is 0.311 e. The summed E-state index contributed by atoms with van der Waals surface area (Å²) in [4.78, 5) is 34.1. The van der Waals surface area contributed by atoms with Gasteiger partial charge in [-0.15, -0.1) is 11.8 Å². The van der Waals surface area contributed by atoms with Gasteiger partial charge in [0, 0.05) is 30.4 Å². The van der Waals surface area contributed by atoms with Crippen LogP contribution < -0.4 is 10.5 Å². The molecule has 2 aliphatic rings. The van der Waals surface area contributed by atoms with Crippen molar-refractivity contribution in [2.75, 3.05) is 17.2 Å². The van der Waals surface area contributed by atoms with Crippen molar-refractivity contribution >= 4 is 35.1 Å². The zero-order valence-corrected chi connectivity index (χ0v) is 20.3. The molecule has 1 aromatic heterocycles. The van der Waals surface area contributed by atoms with Gasteiger partial charge in [-0.3, -0.25) is 14.2 Å². The summed E-state index contributed by atoms with van der Waals surface area (Å²) in [5.41, 5.74) is 4.34. The summed E-state index contributed by atoms with van der Waals surface area (Å²) in [5, 5.41) is 1.01. The number of benzene rings is 2. The minimum atomic E-state index is 0.0311. The first-order chi connectivity index (χ1) is 16.1. The van der Waals surface area contributed by atoms with Crippen LogP contribution in [-0.2, 0) is 30.6 Å². The molecule has 0 radical (unpaired) electrons. The van der Waals surface area contributed by atoms with Crippen LogP contribution in [0, 0.1) is 0 Å². The number of carbonyl (C=O) groups is 1. The van der Waals surface area contributed by atoms with Crippen LogP contribution in [0.15, 0.2) is 69.4 Å². The maximum Gasteiger partial charge on any atom is 0.268 e. The fourth-order valence-electron chi connectivity index (χ4n) is 4.52. The first-order valence-electron chi connectivity index (χ1n) is 11.5. The predicted molar refractivity (Wildman–Crippen MR) is 136 cm³/mol. The Bertz CT molecular complexity index is 1230. The molecule has 0 fully saturated rings. The number of thioether (sulfide) groups is 2. The predicted octanol–water partition coefficient (Wildman–Crippen LogP) is 4.59. The van der Waals surface area contributed by atoms with Crippen molar-refractivity contribution in [1.82, 2.24) is 9.55 Å². The smallest absolute Gasteiger partial charge is 0.268 e. The number of para-hydroxylation sites is 1. The first kappa shape index (κ1) is 22.3. The van der Waals surface area contributed by atoms with E-state index in [1.807, 2.05) is 41.3 Å². The summed E-state index contributed by atoms with van der Waals surface area (Å²) in [6.45, 7) is 3.42. The van der Waals surface area contributed by atoms with Crippen molar-refractivity contribution in [2.24, 2.45) is 0 Å². The van der Waals surface area contributed by atoms with E-state index in [9.17, 15) is 9.59 Å². The third-order valence-corrected chi connectivity index (χ3v) is 8.34. The SMILES string of the molecule is CC1Cc2nc(SCC(=O)N3CCCc4ccccc43)n(CCc3ccccc3)c(=O)c2S1. The molecular weight excluding hydrogens is 450 g/mol. The van der Waals surface area contributed by atoms with Gasteiger partial charge in [0.15, 0.2) is 5.16 Å². The Hall–Kier alpha value is -2.51. The minimum absolute atomic E-state index is 0.0311. The van der Waals surface area contributed by atoms with E-state index in [0.29, 0.717) is 17.0 Å². The van der Waals surface area contributed by atoms with Gasteiger partial charge in [0.05, 0.1) is 16.3 Å². The van der Waals surface area contributed by atoms with Crippen molar-refractivity contribution in [1.29, 1.82) is 0 Å². The Kier molecular flexibility index (Phi) is 6.60. The van der Waals surface area contributed by atoms with Crippen molar-refractivity contribution in [2.45, 2.75) is 54.5 Å². The number of aromatic nitrogens is 2. The van der Waals surface area contributed by atoms with E-state index in [1.165, 1.54) is 22.9 Å². The van der Waals surface area contributed by atoms with Crippen LogP contribution in [0.1, 0.15) is 30.2 Å². The van der Waals surface area contributed by atoms with Crippen molar-refractivity contribution in [3.63, 3.8) is 0 Å². The van der Waals surface area contributed by atoms with E-state index >= 15 is 0 Å². The monoisotopic (exact) mass is 477 g/mol. The number of amides is 1. The van der Waals surface area contributed by atoms with Gasteiger partial charge >= 0.3 is 0 Å². The van der Waals surface area contributed by atoms with Gasteiger partial charge in [-0.1, -0.05) is 67.2 Å². The normalized spacial score (nSPS) is 17.0. The topological polar surface area (TPSA) is 55.2 Å². The number of hydrogen-bond acceptors (Lipinski definition) is 5. The van der Waals surface area contributed by atoms with Crippen LogP contribution in [0.4, 0.5) is 5.69 Å². The second-order valence-corrected chi connectivity index (χ2v) is 11.0. The van der Waals surface area contributed by atoms with Gasteiger partial charge in [-0.25, -0.2) is 4.98 Å². The van der Waals surface area contributed by atoms with Gasteiger partial charge in [0.25, 0.3) is 5.56 Å². The highest BCUT2D eigenvalue weighted by molar-refractivity contribution is 8.00. The van der Waals surface area contributed by atoms with Gasteiger partial charge in [0.1, 0.15) is 0 Å². The average molecular weight is 478 g/mol. The molecule has 7 heteroatoms. The lowest BCUT2D eigenvalue weighted by Gasteiger charge is -2.29. The van der Waals surface area contributed by atoms with E-state index < -0.39 is 0 Å². The fourth-order valence-corrected chi connectivity index (χ4v) is 6.55. The molecule has 2 aromatic carbocycles. The lowest BCUT2D eigenvalue weighted by atomic mass is 10.0. The molecule has 5 nitrogen and oxygen atoms in total. The molecule has 5 rings (SSSR count). The van der Waals surface area contributed by atoms with Crippen LogP contribution >= 0.6 is 23.5 Å². The standard InChI is InChI=1S/C26H27N3O2S2/c1-18-16-21-24(33-18)25(31)29(15-13-19-8-3-2-4-9-19)26(27-21)32-17-23(30)28-14-7-11-20-10-5-6-12-22(20)28/h2-6,8-10,12,18H,7,11,13-17H2,1H3.